The Morgan fingerprint density at radius 3 is 2.71 bits per heavy atom. The first-order valence-corrected chi connectivity index (χ1v) is 11.9. The second kappa shape index (κ2) is 10.1. The number of thioether (sulfide) groups is 1. The average Bonchev–Trinajstić information content (AvgIpc) is 3.22. The lowest BCUT2D eigenvalue weighted by molar-refractivity contribution is -0.132. The molecule has 0 fully saturated rings. The Balaban J connectivity index is 1.68. The average molecular weight is 459 g/mol. The number of carbonyl (C=O) groups is 2. The first kappa shape index (κ1) is 23.0. The maximum Gasteiger partial charge on any atom is 0.272 e. The van der Waals surface area contributed by atoms with Gasteiger partial charge in [-0.3, -0.25) is 19.0 Å². The molecular formula is C22H26N4O3S2. The number of nitrogens with one attached hydrogen (secondary N) is 1. The predicted octanol–water partition coefficient (Wildman–Crippen LogP) is 3.62. The Morgan fingerprint density at radius 1 is 1.26 bits per heavy atom. The van der Waals surface area contributed by atoms with Crippen molar-refractivity contribution >= 4 is 50.8 Å². The van der Waals surface area contributed by atoms with E-state index in [0.29, 0.717) is 21.9 Å². The number of para-hydroxylation sites is 1. The van der Waals surface area contributed by atoms with E-state index in [1.54, 1.807) is 18.5 Å². The molecular weight excluding hydrogens is 432 g/mol. The van der Waals surface area contributed by atoms with Gasteiger partial charge >= 0.3 is 0 Å². The molecule has 0 saturated heterocycles. The lowest BCUT2D eigenvalue weighted by atomic mass is 10.1. The third-order valence-corrected chi connectivity index (χ3v) is 6.88. The van der Waals surface area contributed by atoms with Crippen LogP contribution in [0.4, 0.5) is 5.69 Å². The van der Waals surface area contributed by atoms with Crippen molar-refractivity contribution in [3.05, 3.63) is 51.6 Å². The van der Waals surface area contributed by atoms with E-state index in [2.05, 4.69) is 10.3 Å². The highest BCUT2D eigenvalue weighted by Crippen LogP contribution is 2.25. The number of aromatic nitrogens is 2. The highest BCUT2D eigenvalue weighted by molar-refractivity contribution is 8.00. The molecule has 164 valence electrons. The van der Waals surface area contributed by atoms with Crippen molar-refractivity contribution in [2.75, 3.05) is 18.9 Å². The number of fused-ring (bicyclic) bond motifs is 1. The van der Waals surface area contributed by atoms with Crippen LogP contribution in [0.1, 0.15) is 26.3 Å². The van der Waals surface area contributed by atoms with Crippen LogP contribution < -0.4 is 10.9 Å². The third kappa shape index (κ3) is 5.16. The van der Waals surface area contributed by atoms with E-state index in [0.717, 1.165) is 17.7 Å². The molecule has 0 aliphatic carbocycles. The Kier molecular flexibility index (Phi) is 7.50. The summed E-state index contributed by atoms with van der Waals surface area (Å²) in [5.74, 6) is -0.455. The summed E-state index contributed by atoms with van der Waals surface area (Å²) in [5.41, 5.74) is 2.36. The van der Waals surface area contributed by atoms with Crippen LogP contribution in [-0.4, -0.2) is 45.1 Å². The van der Waals surface area contributed by atoms with Crippen molar-refractivity contribution in [3.63, 3.8) is 0 Å². The number of thiophene rings is 1. The minimum Gasteiger partial charge on any atom is -0.335 e. The van der Waals surface area contributed by atoms with Gasteiger partial charge in [-0.05, 0) is 43.3 Å². The summed E-state index contributed by atoms with van der Waals surface area (Å²) in [4.78, 5) is 44.0. The number of nitrogens with zero attached hydrogens (tertiary/aromatic N) is 3. The number of anilines is 1. The van der Waals surface area contributed by atoms with Crippen molar-refractivity contribution in [1.82, 2.24) is 14.5 Å². The fraction of sp³-hybridized carbons (Fsp3) is 0.364. The SMILES string of the molecule is CCc1ccccc1NC(=O)CN(C)C(=O)C(C)Sc1nc2ccsc2c(=O)n1CC. The summed E-state index contributed by atoms with van der Waals surface area (Å²) in [7, 11) is 1.60. The number of hydrogen-bond donors (Lipinski definition) is 1. The van der Waals surface area contributed by atoms with Crippen LogP contribution in [0, 0.1) is 0 Å². The maximum absolute atomic E-state index is 12.9. The zero-order valence-corrected chi connectivity index (χ0v) is 19.7. The van der Waals surface area contributed by atoms with Gasteiger partial charge in [0.05, 0.1) is 17.3 Å². The van der Waals surface area contributed by atoms with Crippen LogP contribution in [0.2, 0.25) is 0 Å². The molecule has 3 rings (SSSR count). The smallest absolute Gasteiger partial charge is 0.272 e. The number of likely N-dealkylation sites (N-methyl/N-ethyl adjacent to an activating group) is 1. The summed E-state index contributed by atoms with van der Waals surface area (Å²) < 4.78 is 2.20. The molecule has 31 heavy (non-hydrogen) atoms. The first-order valence-electron chi connectivity index (χ1n) is 10.1. The highest BCUT2D eigenvalue weighted by atomic mass is 32.2. The number of amides is 2. The Labute approximate surface area is 189 Å². The van der Waals surface area contributed by atoms with Gasteiger partial charge in [-0.25, -0.2) is 4.98 Å². The molecule has 1 aromatic carbocycles. The van der Waals surface area contributed by atoms with Gasteiger partial charge in [0.2, 0.25) is 11.8 Å². The minimum atomic E-state index is -0.499. The number of hydrogen-bond acceptors (Lipinski definition) is 6. The standard InChI is InChI=1S/C22H26N4O3S2/c1-5-15-9-7-8-10-16(15)23-18(27)13-25(4)20(28)14(3)31-22-24-17-11-12-30-19(17)21(29)26(22)6-2/h7-12,14H,5-6,13H2,1-4H3,(H,23,27). The molecule has 3 aromatic rings. The lowest BCUT2D eigenvalue weighted by Gasteiger charge is -2.21. The van der Waals surface area contributed by atoms with Crippen LogP contribution in [0.3, 0.4) is 0 Å². The number of benzene rings is 1. The highest BCUT2D eigenvalue weighted by Gasteiger charge is 2.23. The fourth-order valence-corrected chi connectivity index (χ4v) is 5.11. The van der Waals surface area contributed by atoms with Gasteiger partial charge < -0.3 is 10.2 Å². The molecule has 2 aromatic heterocycles. The molecule has 1 atom stereocenters. The van der Waals surface area contributed by atoms with E-state index in [4.69, 9.17) is 0 Å². The lowest BCUT2D eigenvalue weighted by Crippen LogP contribution is -2.39. The second-order valence-corrected chi connectivity index (χ2v) is 9.32. The van der Waals surface area contributed by atoms with Crippen molar-refractivity contribution < 1.29 is 9.59 Å². The molecule has 0 bridgehead atoms. The largest absolute Gasteiger partial charge is 0.335 e. The van der Waals surface area contributed by atoms with Gasteiger partial charge in [0.15, 0.2) is 5.16 Å². The number of rotatable bonds is 8. The summed E-state index contributed by atoms with van der Waals surface area (Å²) in [6.45, 7) is 6.08. The van der Waals surface area contributed by atoms with Crippen molar-refractivity contribution in [2.45, 2.75) is 44.1 Å². The van der Waals surface area contributed by atoms with E-state index in [9.17, 15) is 14.4 Å². The Bertz CT molecular complexity index is 1160. The normalized spacial score (nSPS) is 12.0. The molecule has 0 aliphatic rings. The van der Waals surface area contributed by atoms with Gasteiger partial charge in [0.25, 0.3) is 5.56 Å². The van der Waals surface area contributed by atoms with Crippen LogP contribution in [-0.2, 0) is 22.6 Å². The molecule has 0 aliphatic heterocycles. The summed E-state index contributed by atoms with van der Waals surface area (Å²) in [6.07, 6.45) is 0.805. The van der Waals surface area contributed by atoms with Crippen molar-refractivity contribution in [2.24, 2.45) is 0 Å². The molecule has 7 nitrogen and oxygen atoms in total. The van der Waals surface area contributed by atoms with Gasteiger partial charge in [-0.2, -0.15) is 0 Å². The van der Waals surface area contributed by atoms with E-state index < -0.39 is 5.25 Å². The zero-order valence-electron chi connectivity index (χ0n) is 18.0. The number of aryl methyl sites for hydroxylation is 1. The minimum absolute atomic E-state index is 0.0562. The first-order chi connectivity index (χ1) is 14.8. The molecule has 0 saturated carbocycles. The van der Waals surface area contributed by atoms with Crippen LogP contribution >= 0.6 is 23.1 Å². The van der Waals surface area contributed by atoms with Crippen LogP contribution in [0.25, 0.3) is 10.2 Å². The van der Waals surface area contributed by atoms with Crippen LogP contribution in [0.5, 0.6) is 0 Å². The fourth-order valence-electron chi connectivity index (χ4n) is 3.24. The van der Waals surface area contributed by atoms with E-state index >= 15 is 0 Å². The zero-order chi connectivity index (χ0) is 22.5. The van der Waals surface area contributed by atoms with E-state index in [1.165, 1.54) is 28.0 Å². The molecule has 9 heteroatoms. The Morgan fingerprint density at radius 2 is 2.00 bits per heavy atom. The topological polar surface area (TPSA) is 84.3 Å². The molecule has 1 N–H and O–H groups in total. The van der Waals surface area contributed by atoms with Gasteiger partial charge in [0.1, 0.15) is 4.70 Å². The van der Waals surface area contributed by atoms with E-state index in [-0.39, 0.29) is 23.9 Å². The van der Waals surface area contributed by atoms with Crippen molar-refractivity contribution in [3.8, 4) is 0 Å². The quantitative estimate of drug-likeness (QED) is 0.412. The predicted molar refractivity (Wildman–Crippen MR) is 127 cm³/mol. The summed E-state index contributed by atoms with van der Waals surface area (Å²) >= 11 is 2.60. The molecule has 2 heterocycles. The molecule has 1 unspecified atom stereocenters. The number of carbonyl (C=O) groups excluding carboxylic acids is 2. The monoisotopic (exact) mass is 458 g/mol. The maximum atomic E-state index is 12.9. The third-order valence-electron chi connectivity index (χ3n) is 4.91. The second-order valence-electron chi connectivity index (χ2n) is 7.09. The van der Waals surface area contributed by atoms with E-state index in [1.807, 2.05) is 49.6 Å². The van der Waals surface area contributed by atoms with Gasteiger partial charge in [0, 0.05) is 19.3 Å². The van der Waals surface area contributed by atoms with Crippen molar-refractivity contribution in [1.29, 1.82) is 0 Å². The molecule has 2 amide bonds. The molecule has 0 radical (unpaired) electrons. The summed E-state index contributed by atoms with van der Waals surface area (Å²) in [6, 6.07) is 9.43. The van der Waals surface area contributed by atoms with Crippen LogP contribution in [0.15, 0.2) is 45.7 Å². The van der Waals surface area contributed by atoms with Gasteiger partial charge in [-0.15, -0.1) is 11.3 Å². The Hall–Kier alpha value is -2.65. The summed E-state index contributed by atoms with van der Waals surface area (Å²) in [5, 5.41) is 4.73. The molecule has 0 spiro atoms. The van der Waals surface area contributed by atoms with Gasteiger partial charge in [-0.1, -0.05) is 36.9 Å².